The van der Waals surface area contributed by atoms with Gasteiger partial charge in [0.1, 0.15) is 11.2 Å². The number of anilines is 1. The topological polar surface area (TPSA) is 73.7 Å². The number of nitrogens with zero attached hydrogens (tertiary/aromatic N) is 3. The van der Waals surface area contributed by atoms with Gasteiger partial charge in [-0.3, -0.25) is 4.79 Å². The predicted molar refractivity (Wildman–Crippen MR) is 111 cm³/mol. The maximum absolute atomic E-state index is 14.0. The van der Waals surface area contributed by atoms with Crippen molar-refractivity contribution in [2.75, 3.05) is 37.8 Å². The van der Waals surface area contributed by atoms with Gasteiger partial charge in [0, 0.05) is 30.7 Å². The number of carbonyl (C=O) groups is 1. The average Bonchev–Trinajstić information content (AvgIpc) is 2.76. The number of esters is 1. The first-order valence-electron chi connectivity index (χ1n) is 9.51. The molecule has 156 valence electrons. The van der Waals surface area contributed by atoms with Gasteiger partial charge in [-0.25, -0.2) is 14.2 Å². The molecule has 3 heterocycles. The van der Waals surface area contributed by atoms with Crippen LogP contribution in [-0.2, 0) is 9.47 Å². The molecule has 1 aliphatic rings. The number of carbonyl (C=O) groups excluding carboxylic acids is 1. The fourth-order valence-corrected chi connectivity index (χ4v) is 3.53. The first kappa shape index (κ1) is 20.3. The Hall–Kier alpha value is -2.97. The lowest BCUT2D eigenvalue weighted by Crippen LogP contribution is -2.36. The van der Waals surface area contributed by atoms with Crippen molar-refractivity contribution in [1.29, 1.82) is 0 Å². The summed E-state index contributed by atoms with van der Waals surface area (Å²) in [4.78, 5) is 31.3. The molecule has 0 radical (unpaired) electrons. The van der Waals surface area contributed by atoms with Gasteiger partial charge in [0.25, 0.3) is 0 Å². The van der Waals surface area contributed by atoms with E-state index >= 15 is 0 Å². The Labute approximate surface area is 176 Å². The zero-order valence-electron chi connectivity index (χ0n) is 16.2. The standard InChI is InChI=1S/C21H19ClFN3O4/c1-2-30-21(28)16-12-26(20-15(18(16)27)11-17(23)19(22)24-20)14-5-3-13(4-6-14)25-7-9-29-10-8-25/h3-6,11-12H,2,7-10H2,1H3. The van der Waals surface area contributed by atoms with E-state index < -0.39 is 17.2 Å². The van der Waals surface area contributed by atoms with Gasteiger partial charge < -0.3 is 18.9 Å². The van der Waals surface area contributed by atoms with Crippen LogP contribution in [0.3, 0.4) is 0 Å². The minimum Gasteiger partial charge on any atom is -0.462 e. The van der Waals surface area contributed by atoms with E-state index in [2.05, 4.69) is 9.88 Å². The highest BCUT2D eigenvalue weighted by Gasteiger charge is 2.20. The molecule has 4 rings (SSSR count). The molecule has 0 bridgehead atoms. The van der Waals surface area contributed by atoms with Crippen molar-refractivity contribution in [3.8, 4) is 5.69 Å². The molecule has 9 heteroatoms. The van der Waals surface area contributed by atoms with Gasteiger partial charge in [-0.1, -0.05) is 11.6 Å². The van der Waals surface area contributed by atoms with Crippen molar-refractivity contribution >= 4 is 34.3 Å². The van der Waals surface area contributed by atoms with Gasteiger partial charge in [0.15, 0.2) is 11.0 Å². The highest BCUT2D eigenvalue weighted by atomic mass is 35.5. The molecule has 0 spiro atoms. The molecule has 0 amide bonds. The number of halogens is 2. The number of ether oxygens (including phenoxy) is 2. The van der Waals surface area contributed by atoms with Crippen molar-refractivity contribution < 1.29 is 18.7 Å². The average molecular weight is 432 g/mol. The summed E-state index contributed by atoms with van der Waals surface area (Å²) in [6, 6.07) is 8.53. The third kappa shape index (κ3) is 3.76. The van der Waals surface area contributed by atoms with Crippen LogP contribution in [0.5, 0.6) is 0 Å². The van der Waals surface area contributed by atoms with Gasteiger partial charge in [0.2, 0.25) is 5.43 Å². The van der Waals surface area contributed by atoms with Crippen LogP contribution in [0.1, 0.15) is 17.3 Å². The molecule has 30 heavy (non-hydrogen) atoms. The van der Waals surface area contributed by atoms with E-state index in [1.807, 2.05) is 24.3 Å². The van der Waals surface area contributed by atoms with Gasteiger partial charge in [-0.2, -0.15) is 0 Å². The van der Waals surface area contributed by atoms with E-state index in [-0.39, 0.29) is 28.4 Å². The molecule has 1 aromatic carbocycles. The van der Waals surface area contributed by atoms with Crippen LogP contribution in [-0.4, -0.2) is 48.4 Å². The van der Waals surface area contributed by atoms with E-state index in [1.54, 1.807) is 6.92 Å². The number of hydrogen-bond acceptors (Lipinski definition) is 6. The van der Waals surface area contributed by atoms with E-state index in [0.717, 1.165) is 24.8 Å². The van der Waals surface area contributed by atoms with Gasteiger partial charge in [0.05, 0.1) is 25.2 Å². The van der Waals surface area contributed by atoms with E-state index in [4.69, 9.17) is 21.1 Å². The second-order valence-electron chi connectivity index (χ2n) is 6.71. The van der Waals surface area contributed by atoms with Crippen LogP contribution in [0, 0.1) is 5.82 Å². The molecule has 2 aromatic heterocycles. The maximum atomic E-state index is 14.0. The van der Waals surface area contributed by atoms with Crippen LogP contribution >= 0.6 is 11.6 Å². The lowest BCUT2D eigenvalue weighted by Gasteiger charge is -2.29. The number of morpholine rings is 1. The number of aromatic nitrogens is 2. The molecule has 3 aromatic rings. The number of hydrogen-bond donors (Lipinski definition) is 0. The minimum absolute atomic E-state index is 0.0558. The second kappa shape index (κ2) is 8.41. The molecule has 1 saturated heterocycles. The quantitative estimate of drug-likeness (QED) is 0.466. The number of pyridine rings is 2. The minimum atomic E-state index is -0.837. The molecule has 1 fully saturated rings. The van der Waals surface area contributed by atoms with Crippen LogP contribution in [0.2, 0.25) is 5.15 Å². The molecule has 7 nitrogen and oxygen atoms in total. The van der Waals surface area contributed by atoms with Gasteiger partial charge >= 0.3 is 5.97 Å². The first-order chi connectivity index (χ1) is 14.5. The zero-order chi connectivity index (χ0) is 21.3. The van der Waals surface area contributed by atoms with Gasteiger partial charge in [-0.15, -0.1) is 0 Å². The highest BCUT2D eigenvalue weighted by Crippen LogP contribution is 2.23. The summed E-state index contributed by atoms with van der Waals surface area (Å²) < 4.78 is 25.9. The molecule has 1 aliphatic heterocycles. The summed E-state index contributed by atoms with van der Waals surface area (Å²) in [7, 11) is 0. The van der Waals surface area contributed by atoms with Crippen molar-refractivity contribution in [2.45, 2.75) is 6.92 Å². The van der Waals surface area contributed by atoms with Crippen LogP contribution in [0.25, 0.3) is 16.7 Å². The molecule has 0 atom stereocenters. The van der Waals surface area contributed by atoms with Gasteiger partial charge in [-0.05, 0) is 37.3 Å². The van der Waals surface area contributed by atoms with E-state index in [0.29, 0.717) is 18.9 Å². The summed E-state index contributed by atoms with van der Waals surface area (Å²) in [5.74, 6) is -1.62. The van der Waals surface area contributed by atoms with Crippen LogP contribution in [0.15, 0.2) is 41.3 Å². The van der Waals surface area contributed by atoms with E-state index in [1.165, 1.54) is 10.8 Å². The summed E-state index contributed by atoms with van der Waals surface area (Å²) in [5, 5.41) is -0.413. The number of fused-ring (bicyclic) bond motifs is 1. The van der Waals surface area contributed by atoms with Crippen LogP contribution < -0.4 is 10.3 Å². The molecule has 0 N–H and O–H groups in total. The summed E-state index contributed by atoms with van der Waals surface area (Å²) in [5.41, 5.74) is 0.948. The fourth-order valence-electron chi connectivity index (χ4n) is 3.40. The first-order valence-corrected chi connectivity index (χ1v) is 9.89. The Morgan fingerprint density at radius 1 is 1.23 bits per heavy atom. The summed E-state index contributed by atoms with van der Waals surface area (Å²) in [6.07, 6.45) is 1.35. The molecular weight excluding hydrogens is 413 g/mol. The Bertz CT molecular complexity index is 1160. The van der Waals surface area contributed by atoms with Crippen molar-refractivity contribution in [2.24, 2.45) is 0 Å². The lowest BCUT2D eigenvalue weighted by molar-refractivity contribution is 0.0524. The summed E-state index contributed by atoms with van der Waals surface area (Å²) in [6.45, 7) is 4.68. The SMILES string of the molecule is CCOC(=O)c1cn(-c2ccc(N3CCOCC3)cc2)c2nc(Cl)c(F)cc2c1=O. The lowest BCUT2D eigenvalue weighted by atomic mass is 10.1. The Morgan fingerprint density at radius 3 is 2.57 bits per heavy atom. The Morgan fingerprint density at radius 2 is 1.90 bits per heavy atom. The Balaban J connectivity index is 1.86. The third-order valence-corrected chi connectivity index (χ3v) is 5.15. The molecule has 0 unspecified atom stereocenters. The predicted octanol–water partition coefficient (Wildman–Crippen LogP) is 3.19. The van der Waals surface area contributed by atoms with Crippen molar-refractivity contribution in [1.82, 2.24) is 9.55 Å². The fraction of sp³-hybridized carbons (Fsp3) is 0.286. The number of benzene rings is 1. The Kier molecular flexibility index (Phi) is 5.69. The smallest absolute Gasteiger partial charge is 0.343 e. The highest BCUT2D eigenvalue weighted by molar-refractivity contribution is 6.29. The normalized spacial score (nSPS) is 14.2. The maximum Gasteiger partial charge on any atom is 0.343 e. The molecule has 0 saturated carbocycles. The zero-order valence-corrected chi connectivity index (χ0v) is 17.0. The van der Waals surface area contributed by atoms with Crippen LogP contribution in [0.4, 0.5) is 10.1 Å². The van der Waals surface area contributed by atoms with Crippen molar-refractivity contribution in [3.05, 3.63) is 63.3 Å². The second-order valence-corrected chi connectivity index (χ2v) is 7.07. The third-order valence-electron chi connectivity index (χ3n) is 4.89. The molecule has 0 aliphatic carbocycles. The molecular formula is C21H19ClFN3O4. The summed E-state index contributed by atoms with van der Waals surface area (Å²) >= 11 is 5.87. The monoisotopic (exact) mass is 431 g/mol. The van der Waals surface area contributed by atoms with E-state index in [9.17, 15) is 14.0 Å². The largest absolute Gasteiger partial charge is 0.462 e. The number of rotatable bonds is 4. The van der Waals surface area contributed by atoms with Crippen molar-refractivity contribution in [3.63, 3.8) is 0 Å².